The molecule has 25 heavy (non-hydrogen) atoms. The fourth-order valence-electron chi connectivity index (χ4n) is 4.05. The number of carbonyl (C=O) groups excluding carboxylic acids is 1. The van der Waals surface area contributed by atoms with Crippen LogP contribution in [0, 0.1) is 10.1 Å². The van der Waals surface area contributed by atoms with Gasteiger partial charge in [0.15, 0.2) is 0 Å². The van der Waals surface area contributed by atoms with Crippen molar-refractivity contribution in [2.45, 2.75) is 56.7 Å². The predicted molar refractivity (Wildman–Crippen MR) is 96.3 cm³/mol. The molecule has 0 radical (unpaired) electrons. The molecular weight excluding hydrogens is 318 g/mol. The number of non-ortho nitro benzene ring substituents is 1. The van der Waals surface area contributed by atoms with Gasteiger partial charge in [-0.3, -0.25) is 14.9 Å². The van der Waals surface area contributed by atoms with Crippen molar-refractivity contribution in [1.82, 2.24) is 10.2 Å². The molecule has 2 aliphatic rings. The number of benzene rings is 1. The average Bonchev–Trinajstić information content (AvgIpc) is 2.95. The second kappa shape index (κ2) is 7.78. The second-order valence-corrected chi connectivity index (χ2v) is 7.02. The first-order chi connectivity index (χ1) is 12.1. The quantitative estimate of drug-likeness (QED) is 0.469. The van der Waals surface area contributed by atoms with E-state index in [1.54, 1.807) is 18.2 Å². The molecule has 2 fully saturated rings. The maximum atomic E-state index is 12.8. The van der Waals surface area contributed by atoms with Gasteiger partial charge in [-0.2, -0.15) is 0 Å². The number of rotatable bonds is 7. The van der Waals surface area contributed by atoms with E-state index >= 15 is 0 Å². The molecule has 2 bridgehead atoms. The smallest absolute Gasteiger partial charge is 0.269 e. The number of nitro groups is 1. The Morgan fingerprint density at radius 2 is 1.92 bits per heavy atom. The summed E-state index contributed by atoms with van der Waals surface area (Å²) in [6.07, 6.45) is 7.28. The Balaban J connectivity index is 1.59. The third-order valence-electron chi connectivity index (χ3n) is 5.31. The molecule has 0 saturated carbocycles. The Bertz CT molecular complexity index is 632. The van der Waals surface area contributed by atoms with Crippen LogP contribution in [0.2, 0.25) is 0 Å². The first-order valence-electron chi connectivity index (χ1n) is 8.96. The highest BCUT2D eigenvalue weighted by Crippen LogP contribution is 2.30. The molecule has 0 aliphatic carbocycles. The van der Waals surface area contributed by atoms with E-state index in [9.17, 15) is 14.9 Å². The van der Waals surface area contributed by atoms with Gasteiger partial charge < -0.3 is 10.2 Å². The maximum absolute atomic E-state index is 12.8. The lowest BCUT2D eigenvalue weighted by atomic mass is 9.97. The van der Waals surface area contributed by atoms with Crippen LogP contribution in [0.15, 0.2) is 36.9 Å². The summed E-state index contributed by atoms with van der Waals surface area (Å²) in [5.41, 5.74) is 1.02. The highest BCUT2D eigenvalue weighted by molar-refractivity contribution is 5.77. The van der Waals surface area contributed by atoms with Crippen LogP contribution >= 0.6 is 0 Å². The summed E-state index contributed by atoms with van der Waals surface area (Å²) < 4.78 is 0. The van der Waals surface area contributed by atoms with Gasteiger partial charge in [0.25, 0.3) is 5.69 Å². The summed E-state index contributed by atoms with van der Waals surface area (Å²) in [6, 6.07) is 7.82. The zero-order chi connectivity index (χ0) is 17.8. The van der Waals surface area contributed by atoms with Gasteiger partial charge in [0, 0.05) is 43.2 Å². The summed E-state index contributed by atoms with van der Waals surface area (Å²) in [7, 11) is 0. The summed E-state index contributed by atoms with van der Waals surface area (Å²) in [6.45, 7) is 4.39. The number of carbonyl (C=O) groups is 1. The highest BCUT2D eigenvalue weighted by Gasteiger charge is 2.37. The zero-order valence-corrected chi connectivity index (χ0v) is 14.4. The van der Waals surface area contributed by atoms with Crippen molar-refractivity contribution in [3.8, 4) is 0 Å². The number of hydrogen-bond acceptors (Lipinski definition) is 4. The topological polar surface area (TPSA) is 75.5 Å². The Morgan fingerprint density at radius 1 is 1.28 bits per heavy atom. The van der Waals surface area contributed by atoms with Crippen molar-refractivity contribution >= 4 is 11.6 Å². The van der Waals surface area contributed by atoms with Crippen molar-refractivity contribution < 1.29 is 9.72 Å². The van der Waals surface area contributed by atoms with Crippen LogP contribution in [0.3, 0.4) is 0 Å². The highest BCUT2D eigenvalue weighted by atomic mass is 16.6. The SMILES string of the molecule is C=CCN(C(=O)CCc1ccc([N+](=O)[O-])cc1)[C@H]1C[C@H]2CC[C@@H](C1)N2. The molecule has 0 spiro atoms. The van der Waals surface area contributed by atoms with Crippen LogP contribution in [0.4, 0.5) is 5.69 Å². The van der Waals surface area contributed by atoms with Crippen LogP contribution in [-0.4, -0.2) is 40.4 Å². The van der Waals surface area contributed by atoms with Gasteiger partial charge >= 0.3 is 0 Å². The van der Waals surface area contributed by atoms with Gasteiger partial charge in [-0.15, -0.1) is 6.58 Å². The van der Waals surface area contributed by atoms with Gasteiger partial charge in [-0.1, -0.05) is 18.2 Å². The standard InChI is InChI=1S/C19H25N3O3/c1-2-11-21(18-12-15-6-7-16(13-18)20-15)19(23)10-5-14-3-8-17(9-4-14)22(24)25/h2-4,8-9,15-16,18,20H,1,5-7,10-13H2/t15-,16+,18+. The fourth-order valence-corrected chi connectivity index (χ4v) is 4.05. The third-order valence-corrected chi connectivity index (χ3v) is 5.31. The van der Waals surface area contributed by atoms with Gasteiger partial charge in [0.2, 0.25) is 5.91 Å². The minimum atomic E-state index is -0.411. The summed E-state index contributed by atoms with van der Waals surface area (Å²) in [5.74, 6) is 0.143. The lowest BCUT2D eigenvalue weighted by molar-refractivity contribution is -0.384. The predicted octanol–water partition coefficient (Wildman–Crippen LogP) is 2.83. The second-order valence-electron chi connectivity index (χ2n) is 7.02. The normalized spacial score (nSPS) is 24.7. The summed E-state index contributed by atoms with van der Waals surface area (Å²) >= 11 is 0. The van der Waals surface area contributed by atoms with Crippen molar-refractivity contribution in [3.63, 3.8) is 0 Å². The molecular formula is C19H25N3O3. The van der Waals surface area contributed by atoms with Crippen LogP contribution in [-0.2, 0) is 11.2 Å². The van der Waals surface area contributed by atoms with Crippen LogP contribution < -0.4 is 5.32 Å². The number of hydrogen-bond donors (Lipinski definition) is 1. The molecule has 2 aliphatic heterocycles. The molecule has 3 atom stereocenters. The lowest BCUT2D eigenvalue weighted by Crippen LogP contribution is -2.50. The molecule has 2 heterocycles. The number of fused-ring (bicyclic) bond motifs is 2. The Kier molecular flexibility index (Phi) is 5.48. The summed E-state index contributed by atoms with van der Waals surface area (Å²) in [5, 5.41) is 14.3. The van der Waals surface area contributed by atoms with Gasteiger partial charge in [-0.05, 0) is 37.7 Å². The number of nitrogens with zero attached hydrogens (tertiary/aromatic N) is 2. The Hall–Kier alpha value is -2.21. The molecule has 1 N–H and O–H groups in total. The zero-order valence-electron chi connectivity index (χ0n) is 14.4. The van der Waals surface area contributed by atoms with Crippen molar-refractivity contribution in [3.05, 3.63) is 52.6 Å². The van der Waals surface area contributed by atoms with E-state index < -0.39 is 4.92 Å². The van der Waals surface area contributed by atoms with E-state index in [0.29, 0.717) is 37.5 Å². The minimum Gasteiger partial charge on any atom is -0.336 e. The van der Waals surface area contributed by atoms with Gasteiger partial charge in [0.05, 0.1) is 4.92 Å². The maximum Gasteiger partial charge on any atom is 0.269 e. The average molecular weight is 343 g/mol. The molecule has 134 valence electrons. The van der Waals surface area contributed by atoms with E-state index in [1.807, 2.05) is 4.90 Å². The van der Waals surface area contributed by atoms with Crippen molar-refractivity contribution in [2.75, 3.05) is 6.54 Å². The molecule has 1 aromatic carbocycles. The number of aryl methyl sites for hydroxylation is 1. The number of amides is 1. The van der Waals surface area contributed by atoms with Crippen LogP contribution in [0.1, 0.15) is 37.7 Å². The number of nitrogens with one attached hydrogen (secondary N) is 1. The summed E-state index contributed by atoms with van der Waals surface area (Å²) in [4.78, 5) is 25.0. The fraction of sp³-hybridized carbons (Fsp3) is 0.526. The molecule has 3 rings (SSSR count). The molecule has 0 unspecified atom stereocenters. The van der Waals surface area contributed by atoms with Crippen molar-refractivity contribution in [2.24, 2.45) is 0 Å². The molecule has 1 aromatic rings. The van der Waals surface area contributed by atoms with E-state index in [4.69, 9.17) is 0 Å². The van der Waals surface area contributed by atoms with Crippen LogP contribution in [0.5, 0.6) is 0 Å². The van der Waals surface area contributed by atoms with Crippen molar-refractivity contribution in [1.29, 1.82) is 0 Å². The molecule has 0 aromatic heterocycles. The Morgan fingerprint density at radius 3 is 2.48 bits per heavy atom. The molecule has 6 heteroatoms. The molecule has 2 saturated heterocycles. The van der Waals surface area contributed by atoms with Crippen LogP contribution in [0.25, 0.3) is 0 Å². The van der Waals surface area contributed by atoms with E-state index in [-0.39, 0.29) is 11.6 Å². The molecule has 1 amide bonds. The number of nitro benzene ring substituents is 1. The first-order valence-corrected chi connectivity index (χ1v) is 8.96. The van der Waals surface area contributed by atoms with Gasteiger partial charge in [0.1, 0.15) is 0 Å². The Labute approximate surface area is 148 Å². The lowest BCUT2D eigenvalue weighted by Gasteiger charge is -2.37. The van der Waals surface area contributed by atoms with E-state index in [1.165, 1.54) is 25.0 Å². The number of piperidine rings is 1. The van der Waals surface area contributed by atoms with Gasteiger partial charge in [-0.25, -0.2) is 0 Å². The van der Waals surface area contributed by atoms with E-state index in [2.05, 4.69) is 11.9 Å². The molecule has 6 nitrogen and oxygen atoms in total. The monoisotopic (exact) mass is 343 g/mol. The largest absolute Gasteiger partial charge is 0.336 e. The first kappa shape index (κ1) is 17.6. The minimum absolute atomic E-state index is 0.0774. The van der Waals surface area contributed by atoms with E-state index in [0.717, 1.165) is 18.4 Å². The third kappa shape index (κ3) is 4.25.